The first-order chi connectivity index (χ1) is 13.2. The SMILES string of the molecule is O=C(Nc1nn(Cc2ccc(CF)cc2)c2cccc(Cl)c12)c1ccoc1. The van der Waals surface area contributed by atoms with Crippen molar-refractivity contribution < 1.29 is 13.6 Å². The third-order valence-electron chi connectivity index (χ3n) is 4.25. The summed E-state index contributed by atoms with van der Waals surface area (Å²) in [5, 5.41) is 8.48. The number of halogens is 2. The fraction of sp³-hybridized carbons (Fsp3) is 0.100. The van der Waals surface area contributed by atoms with E-state index in [1.54, 1.807) is 28.9 Å². The lowest BCUT2D eigenvalue weighted by Crippen LogP contribution is -2.12. The Morgan fingerprint density at radius 3 is 2.63 bits per heavy atom. The quantitative estimate of drug-likeness (QED) is 0.524. The number of nitrogens with zero attached hydrogens (tertiary/aromatic N) is 2. The van der Waals surface area contributed by atoms with Crippen LogP contribution in [0, 0.1) is 0 Å². The molecule has 2 heterocycles. The van der Waals surface area contributed by atoms with Crippen LogP contribution in [0.25, 0.3) is 10.9 Å². The molecule has 0 aliphatic heterocycles. The molecular weight excluding hydrogens is 369 g/mol. The van der Waals surface area contributed by atoms with Crippen molar-refractivity contribution in [3.8, 4) is 0 Å². The van der Waals surface area contributed by atoms with Crippen molar-refractivity contribution >= 4 is 34.2 Å². The molecule has 5 nitrogen and oxygen atoms in total. The second-order valence-electron chi connectivity index (χ2n) is 6.06. The zero-order valence-electron chi connectivity index (χ0n) is 14.2. The Balaban J connectivity index is 1.70. The largest absolute Gasteiger partial charge is 0.472 e. The number of amides is 1. The lowest BCUT2D eigenvalue weighted by molar-refractivity contribution is 0.102. The zero-order valence-corrected chi connectivity index (χ0v) is 14.9. The smallest absolute Gasteiger partial charge is 0.260 e. The number of carbonyl (C=O) groups excluding carboxylic acids is 1. The van der Waals surface area contributed by atoms with Crippen LogP contribution in [-0.2, 0) is 13.2 Å². The van der Waals surface area contributed by atoms with Crippen LogP contribution >= 0.6 is 11.6 Å². The summed E-state index contributed by atoms with van der Waals surface area (Å²) < 4.78 is 19.4. The maximum absolute atomic E-state index is 12.7. The number of furan rings is 1. The summed E-state index contributed by atoms with van der Waals surface area (Å²) in [5.41, 5.74) is 2.77. The third kappa shape index (κ3) is 3.44. The van der Waals surface area contributed by atoms with E-state index in [9.17, 15) is 9.18 Å². The summed E-state index contributed by atoms with van der Waals surface area (Å²) in [4.78, 5) is 12.4. The number of fused-ring (bicyclic) bond motifs is 1. The first-order valence-corrected chi connectivity index (χ1v) is 8.66. The Morgan fingerprint density at radius 1 is 1.15 bits per heavy atom. The molecule has 1 N–H and O–H groups in total. The lowest BCUT2D eigenvalue weighted by Gasteiger charge is -2.04. The fourth-order valence-corrected chi connectivity index (χ4v) is 3.13. The van der Waals surface area contributed by atoms with E-state index in [0.29, 0.717) is 33.9 Å². The minimum atomic E-state index is -0.495. The van der Waals surface area contributed by atoms with Gasteiger partial charge in [-0.3, -0.25) is 9.48 Å². The van der Waals surface area contributed by atoms with Crippen molar-refractivity contribution in [3.05, 3.63) is 82.8 Å². The van der Waals surface area contributed by atoms with Crippen molar-refractivity contribution in [2.24, 2.45) is 0 Å². The maximum atomic E-state index is 12.7. The molecule has 0 aliphatic carbocycles. The summed E-state index contributed by atoms with van der Waals surface area (Å²) in [7, 11) is 0. The van der Waals surface area contributed by atoms with Crippen LogP contribution in [0.2, 0.25) is 5.02 Å². The highest BCUT2D eigenvalue weighted by Crippen LogP contribution is 2.31. The molecule has 0 radical (unpaired) electrons. The summed E-state index contributed by atoms with van der Waals surface area (Å²) >= 11 is 6.36. The van der Waals surface area contributed by atoms with Crippen molar-refractivity contribution in [1.29, 1.82) is 0 Å². The van der Waals surface area contributed by atoms with Gasteiger partial charge >= 0.3 is 0 Å². The summed E-state index contributed by atoms with van der Waals surface area (Å²) in [5.74, 6) is 0.0460. The Hall–Kier alpha value is -3.12. The highest BCUT2D eigenvalue weighted by atomic mass is 35.5. The molecule has 0 fully saturated rings. The first-order valence-electron chi connectivity index (χ1n) is 8.28. The highest BCUT2D eigenvalue weighted by molar-refractivity contribution is 6.36. The molecule has 7 heteroatoms. The van der Waals surface area contributed by atoms with Gasteiger partial charge in [0.2, 0.25) is 0 Å². The fourth-order valence-electron chi connectivity index (χ4n) is 2.87. The van der Waals surface area contributed by atoms with Gasteiger partial charge in [0.25, 0.3) is 5.91 Å². The van der Waals surface area contributed by atoms with Gasteiger partial charge in [0.05, 0.1) is 34.3 Å². The predicted molar refractivity (Wildman–Crippen MR) is 102 cm³/mol. The van der Waals surface area contributed by atoms with Gasteiger partial charge in [0.1, 0.15) is 12.9 Å². The van der Waals surface area contributed by atoms with E-state index < -0.39 is 6.67 Å². The summed E-state index contributed by atoms with van der Waals surface area (Å²) in [6, 6.07) is 14.2. The Labute approximate surface area is 159 Å². The molecule has 0 bridgehead atoms. The second-order valence-corrected chi connectivity index (χ2v) is 6.46. The zero-order chi connectivity index (χ0) is 18.8. The molecule has 1 amide bonds. The van der Waals surface area contributed by atoms with Crippen LogP contribution in [0.1, 0.15) is 21.5 Å². The maximum Gasteiger partial charge on any atom is 0.260 e. The van der Waals surface area contributed by atoms with Gasteiger partial charge in [-0.05, 0) is 29.3 Å². The van der Waals surface area contributed by atoms with Gasteiger partial charge in [-0.1, -0.05) is 41.9 Å². The molecule has 0 saturated carbocycles. The van der Waals surface area contributed by atoms with Crippen LogP contribution in [-0.4, -0.2) is 15.7 Å². The van der Waals surface area contributed by atoms with Gasteiger partial charge in [-0.15, -0.1) is 0 Å². The molecule has 0 aliphatic rings. The van der Waals surface area contributed by atoms with Gasteiger partial charge in [-0.2, -0.15) is 5.10 Å². The van der Waals surface area contributed by atoms with Gasteiger partial charge < -0.3 is 9.73 Å². The minimum Gasteiger partial charge on any atom is -0.472 e. The molecular formula is C20H15ClFN3O2. The van der Waals surface area contributed by atoms with E-state index in [4.69, 9.17) is 16.0 Å². The molecule has 0 saturated heterocycles. The molecule has 4 aromatic rings. The predicted octanol–water partition coefficient (Wildman–Crippen LogP) is 5.05. The Morgan fingerprint density at radius 2 is 1.93 bits per heavy atom. The number of alkyl halides is 1. The van der Waals surface area contributed by atoms with Crippen molar-refractivity contribution in [1.82, 2.24) is 9.78 Å². The monoisotopic (exact) mass is 383 g/mol. The van der Waals surface area contributed by atoms with Gasteiger partial charge in [-0.25, -0.2) is 4.39 Å². The van der Waals surface area contributed by atoms with Crippen LogP contribution < -0.4 is 5.32 Å². The van der Waals surface area contributed by atoms with E-state index in [1.807, 2.05) is 24.3 Å². The number of rotatable bonds is 5. The van der Waals surface area contributed by atoms with Gasteiger partial charge in [0.15, 0.2) is 5.82 Å². The topological polar surface area (TPSA) is 60.1 Å². The van der Waals surface area contributed by atoms with E-state index in [2.05, 4.69) is 10.4 Å². The van der Waals surface area contributed by atoms with Crippen LogP contribution in [0.4, 0.5) is 10.2 Å². The molecule has 0 spiro atoms. The van der Waals surface area contributed by atoms with Crippen LogP contribution in [0.15, 0.2) is 65.5 Å². The number of hydrogen-bond acceptors (Lipinski definition) is 3. The molecule has 27 heavy (non-hydrogen) atoms. The van der Waals surface area contributed by atoms with Crippen LogP contribution in [0.3, 0.4) is 0 Å². The number of aromatic nitrogens is 2. The number of hydrogen-bond donors (Lipinski definition) is 1. The minimum absolute atomic E-state index is 0.331. The summed E-state index contributed by atoms with van der Waals surface area (Å²) in [6.45, 7) is -0.0320. The highest BCUT2D eigenvalue weighted by Gasteiger charge is 2.17. The summed E-state index contributed by atoms with van der Waals surface area (Å²) in [6.07, 6.45) is 2.79. The van der Waals surface area contributed by atoms with E-state index in [-0.39, 0.29) is 5.91 Å². The number of benzene rings is 2. The molecule has 2 aromatic heterocycles. The van der Waals surface area contributed by atoms with Crippen LogP contribution in [0.5, 0.6) is 0 Å². The Kier molecular flexibility index (Phi) is 4.64. The number of anilines is 1. The molecule has 0 unspecified atom stereocenters. The average Bonchev–Trinajstić information content (AvgIpc) is 3.32. The molecule has 0 atom stereocenters. The van der Waals surface area contributed by atoms with Gasteiger partial charge in [0, 0.05) is 0 Å². The van der Waals surface area contributed by atoms with E-state index in [0.717, 1.165) is 11.1 Å². The molecule has 2 aromatic carbocycles. The average molecular weight is 384 g/mol. The molecule has 136 valence electrons. The number of carbonyl (C=O) groups is 1. The van der Waals surface area contributed by atoms with E-state index >= 15 is 0 Å². The lowest BCUT2D eigenvalue weighted by atomic mass is 10.1. The van der Waals surface area contributed by atoms with Crippen molar-refractivity contribution in [2.75, 3.05) is 5.32 Å². The molecule has 4 rings (SSSR count). The van der Waals surface area contributed by atoms with Crippen molar-refractivity contribution in [2.45, 2.75) is 13.2 Å². The second kappa shape index (κ2) is 7.25. The Bertz CT molecular complexity index is 1090. The van der Waals surface area contributed by atoms with Crippen molar-refractivity contribution in [3.63, 3.8) is 0 Å². The van der Waals surface area contributed by atoms with E-state index in [1.165, 1.54) is 12.5 Å². The first kappa shape index (κ1) is 17.3. The standard InChI is InChI=1S/C20H15ClFN3O2/c21-16-2-1-3-17-18(16)19(23-20(26)15-8-9-27-12-15)24-25(17)11-14-6-4-13(10-22)5-7-14/h1-9,12H,10-11H2,(H,23,24,26). The normalized spacial score (nSPS) is 11.0. The third-order valence-corrected chi connectivity index (χ3v) is 4.57. The number of nitrogens with one attached hydrogen (secondary N) is 1.